The van der Waals surface area contributed by atoms with Gasteiger partial charge in [0.15, 0.2) is 5.82 Å². The van der Waals surface area contributed by atoms with E-state index in [4.69, 9.17) is 21.8 Å². The molecule has 1 saturated carbocycles. The van der Waals surface area contributed by atoms with Crippen LogP contribution in [0.5, 0.6) is 0 Å². The molecule has 1 aromatic carbocycles. The minimum absolute atomic E-state index is 0.196. The van der Waals surface area contributed by atoms with Crippen LogP contribution in [0.15, 0.2) is 17.0 Å². The number of hydrogen-bond donors (Lipinski definition) is 3. The molecule has 0 aromatic heterocycles. The average molecular weight is 324 g/mol. The van der Waals surface area contributed by atoms with Crippen molar-refractivity contribution in [3.05, 3.63) is 28.5 Å². The summed E-state index contributed by atoms with van der Waals surface area (Å²) in [4.78, 5) is 10.0. The smallest absolute Gasteiger partial charge is 0.338 e. The first-order valence-electron chi connectivity index (χ1n) is 5.63. The molecule has 1 aliphatic rings. The van der Waals surface area contributed by atoms with E-state index < -0.39 is 44.4 Å². The predicted octanol–water partition coefficient (Wildman–Crippen LogP) is 0.979. The molecule has 3 N–H and O–H groups in total. The van der Waals surface area contributed by atoms with Crippen LogP contribution in [0, 0.1) is 5.82 Å². The molecule has 0 aliphatic heterocycles. The lowest BCUT2D eigenvalue weighted by atomic mass is 9.91. The van der Waals surface area contributed by atoms with Gasteiger partial charge in [-0.2, -0.15) is 0 Å². The van der Waals surface area contributed by atoms with Crippen LogP contribution in [-0.4, -0.2) is 36.7 Å². The van der Waals surface area contributed by atoms with E-state index >= 15 is 0 Å². The van der Waals surface area contributed by atoms with Crippen molar-refractivity contribution in [1.29, 1.82) is 0 Å². The Hall–Kier alpha value is -1.22. The number of hydrogen-bond acceptors (Lipinski definition) is 4. The first kappa shape index (κ1) is 15.2. The number of rotatable bonds is 4. The number of carboxylic acids is 1. The fourth-order valence-electron chi connectivity index (χ4n) is 1.88. The molecule has 9 heteroatoms. The van der Waals surface area contributed by atoms with Crippen LogP contribution in [0.2, 0.25) is 5.02 Å². The number of benzene rings is 1. The standard InChI is InChI=1S/C11H11ClFNO5S/c12-5-1-8(11(16)17)10(13)9(2-5)20(18,19)14-6-3-7(15)4-6/h1-2,6-7,14-15H,3-4H2,(H,16,17). The van der Waals surface area contributed by atoms with Crippen molar-refractivity contribution >= 4 is 27.6 Å². The molecule has 1 fully saturated rings. The topological polar surface area (TPSA) is 104 Å². The van der Waals surface area contributed by atoms with Gasteiger partial charge in [0.25, 0.3) is 0 Å². The normalized spacial score (nSPS) is 22.4. The fraction of sp³-hybridized carbons (Fsp3) is 0.364. The Labute approximate surface area is 119 Å². The first-order valence-corrected chi connectivity index (χ1v) is 7.49. The summed E-state index contributed by atoms with van der Waals surface area (Å²) in [6.45, 7) is 0. The van der Waals surface area contributed by atoms with E-state index in [1.54, 1.807) is 0 Å². The highest BCUT2D eigenvalue weighted by molar-refractivity contribution is 7.89. The van der Waals surface area contributed by atoms with E-state index in [0.29, 0.717) is 0 Å². The molecule has 0 saturated heterocycles. The summed E-state index contributed by atoms with van der Waals surface area (Å²) in [6, 6.07) is 1.19. The van der Waals surface area contributed by atoms with E-state index in [1.807, 2.05) is 0 Å². The summed E-state index contributed by atoms with van der Waals surface area (Å²) in [7, 11) is -4.24. The van der Waals surface area contributed by atoms with Crippen LogP contribution < -0.4 is 4.72 Å². The number of aromatic carboxylic acids is 1. The second kappa shape index (κ2) is 5.28. The van der Waals surface area contributed by atoms with Crippen LogP contribution >= 0.6 is 11.6 Å². The number of aliphatic hydroxyl groups is 1. The molecule has 0 radical (unpaired) electrons. The van der Waals surface area contributed by atoms with Gasteiger partial charge >= 0.3 is 5.97 Å². The minimum Gasteiger partial charge on any atom is -0.478 e. The molecule has 0 amide bonds. The van der Waals surface area contributed by atoms with E-state index in [2.05, 4.69) is 4.72 Å². The van der Waals surface area contributed by atoms with Gasteiger partial charge in [-0.25, -0.2) is 22.3 Å². The third-order valence-electron chi connectivity index (χ3n) is 2.96. The Morgan fingerprint density at radius 2 is 2.00 bits per heavy atom. The molecule has 0 bridgehead atoms. The monoisotopic (exact) mass is 323 g/mol. The van der Waals surface area contributed by atoms with E-state index in [0.717, 1.165) is 12.1 Å². The maximum absolute atomic E-state index is 13.9. The number of carbonyl (C=O) groups is 1. The van der Waals surface area contributed by atoms with Crippen molar-refractivity contribution < 1.29 is 27.8 Å². The maximum atomic E-state index is 13.9. The van der Waals surface area contributed by atoms with Gasteiger partial charge in [-0.1, -0.05) is 11.6 Å². The summed E-state index contributed by atoms with van der Waals surface area (Å²) in [5.74, 6) is -2.98. The quantitative estimate of drug-likeness (QED) is 0.766. The van der Waals surface area contributed by atoms with Crippen molar-refractivity contribution in [2.75, 3.05) is 0 Å². The zero-order valence-electron chi connectivity index (χ0n) is 10.0. The Morgan fingerprint density at radius 1 is 1.40 bits per heavy atom. The van der Waals surface area contributed by atoms with Crippen molar-refractivity contribution in [1.82, 2.24) is 4.72 Å². The molecule has 0 unspecified atom stereocenters. The van der Waals surface area contributed by atoms with Gasteiger partial charge in [0.1, 0.15) is 4.90 Å². The van der Waals surface area contributed by atoms with Crippen LogP contribution in [0.3, 0.4) is 0 Å². The SMILES string of the molecule is O=C(O)c1cc(Cl)cc(S(=O)(=O)NC2CC(O)C2)c1F. The molecule has 0 heterocycles. The van der Waals surface area contributed by atoms with Crippen LogP contribution in [0.4, 0.5) is 4.39 Å². The van der Waals surface area contributed by atoms with Crippen molar-refractivity contribution in [2.24, 2.45) is 0 Å². The first-order chi connectivity index (χ1) is 9.20. The average Bonchev–Trinajstić information content (AvgIpc) is 2.29. The molecule has 1 aliphatic carbocycles. The van der Waals surface area contributed by atoms with Crippen molar-refractivity contribution in [3.63, 3.8) is 0 Å². The van der Waals surface area contributed by atoms with Gasteiger partial charge in [0.05, 0.1) is 11.7 Å². The summed E-state index contributed by atoms with van der Waals surface area (Å²) in [5.41, 5.74) is -0.813. The number of carboxylic acid groups (broad SMARTS) is 1. The molecule has 6 nitrogen and oxygen atoms in total. The van der Waals surface area contributed by atoms with E-state index in [1.165, 1.54) is 0 Å². The highest BCUT2D eigenvalue weighted by Crippen LogP contribution is 2.26. The zero-order valence-corrected chi connectivity index (χ0v) is 11.6. The zero-order chi connectivity index (χ0) is 15.1. The van der Waals surface area contributed by atoms with Crippen molar-refractivity contribution in [3.8, 4) is 0 Å². The third-order valence-corrected chi connectivity index (χ3v) is 4.70. The lowest BCUT2D eigenvalue weighted by Crippen LogP contribution is -2.46. The van der Waals surface area contributed by atoms with Gasteiger partial charge in [-0.15, -0.1) is 0 Å². The Morgan fingerprint density at radius 3 is 2.50 bits per heavy atom. The van der Waals surface area contributed by atoms with Crippen LogP contribution in [0.1, 0.15) is 23.2 Å². The predicted molar refractivity (Wildman–Crippen MR) is 67.7 cm³/mol. The molecule has 110 valence electrons. The van der Waals surface area contributed by atoms with Gasteiger partial charge < -0.3 is 10.2 Å². The van der Waals surface area contributed by atoms with Gasteiger partial charge in [-0.3, -0.25) is 0 Å². The molecule has 1 aromatic rings. The maximum Gasteiger partial charge on any atom is 0.338 e. The number of nitrogens with one attached hydrogen (secondary N) is 1. The molecular formula is C11H11ClFNO5S. The highest BCUT2D eigenvalue weighted by atomic mass is 35.5. The summed E-state index contributed by atoms with van der Waals surface area (Å²) >= 11 is 5.62. The van der Waals surface area contributed by atoms with Crippen LogP contribution in [-0.2, 0) is 10.0 Å². The fourth-order valence-corrected chi connectivity index (χ4v) is 3.55. The molecule has 20 heavy (non-hydrogen) atoms. The van der Waals surface area contributed by atoms with Gasteiger partial charge in [-0.05, 0) is 25.0 Å². The summed E-state index contributed by atoms with van der Waals surface area (Å²) in [6.07, 6.45) is -0.123. The second-order valence-electron chi connectivity index (χ2n) is 4.51. The summed E-state index contributed by atoms with van der Waals surface area (Å²) < 4.78 is 40.1. The van der Waals surface area contributed by atoms with Gasteiger partial charge in [0.2, 0.25) is 10.0 Å². The molecule has 0 atom stereocenters. The Balaban J connectivity index is 2.38. The molecular weight excluding hydrogens is 313 g/mol. The lowest BCUT2D eigenvalue weighted by Gasteiger charge is -2.31. The van der Waals surface area contributed by atoms with E-state index in [-0.39, 0.29) is 17.9 Å². The second-order valence-corrected chi connectivity index (χ2v) is 6.63. The lowest BCUT2D eigenvalue weighted by molar-refractivity contribution is 0.0690. The number of halogens is 2. The van der Waals surface area contributed by atoms with Crippen molar-refractivity contribution in [2.45, 2.75) is 29.9 Å². The largest absolute Gasteiger partial charge is 0.478 e. The number of sulfonamides is 1. The Kier molecular flexibility index (Phi) is 4.01. The number of aliphatic hydroxyl groups excluding tert-OH is 1. The van der Waals surface area contributed by atoms with E-state index in [9.17, 15) is 17.6 Å². The Bertz CT molecular complexity index is 657. The molecule has 0 spiro atoms. The van der Waals surface area contributed by atoms with Gasteiger partial charge in [0, 0.05) is 11.1 Å². The summed E-state index contributed by atoms with van der Waals surface area (Å²) in [5, 5.41) is 17.7. The van der Waals surface area contributed by atoms with Crippen LogP contribution in [0.25, 0.3) is 0 Å². The highest BCUT2D eigenvalue weighted by Gasteiger charge is 2.33. The minimum atomic E-state index is -4.24. The molecule has 2 rings (SSSR count). The third kappa shape index (κ3) is 2.93.